The predicted molar refractivity (Wildman–Crippen MR) is 86.8 cm³/mol. The van der Waals surface area contributed by atoms with Crippen LogP contribution in [0.2, 0.25) is 0 Å². The number of piperazine rings is 1. The van der Waals surface area contributed by atoms with Crippen LogP contribution in [0, 0.1) is 17.8 Å². The molecular weight excluding hydrogens is 246 g/mol. The van der Waals surface area contributed by atoms with Gasteiger partial charge in [0, 0.05) is 37.8 Å². The highest BCUT2D eigenvalue weighted by Crippen LogP contribution is 2.34. The summed E-state index contributed by atoms with van der Waals surface area (Å²) in [5.41, 5.74) is 6.72. The molecular formula is C17H35N3. The zero-order chi connectivity index (χ0) is 14.9. The lowest BCUT2D eigenvalue weighted by molar-refractivity contribution is 0.0222. The number of hydrogen-bond acceptors (Lipinski definition) is 3. The third kappa shape index (κ3) is 3.75. The molecule has 0 aromatic heterocycles. The lowest BCUT2D eigenvalue weighted by Gasteiger charge is -2.47. The van der Waals surface area contributed by atoms with Crippen molar-refractivity contribution in [2.75, 3.05) is 33.2 Å². The first-order chi connectivity index (χ1) is 9.29. The first kappa shape index (κ1) is 16.3. The number of hydrogen-bond donors (Lipinski definition) is 1. The van der Waals surface area contributed by atoms with Crippen LogP contribution in [0.3, 0.4) is 0 Å². The molecule has 3 unspecified atom stereocenters. The highest BCUT2D eigenvalue weighted by molar-refractivity contribution is 4.91. The third-order valence-electron chi connectivity index (χ3n) is 5.91. The Bertz CT molecular complexity index is 313. The van der Waals surface area contributed by atoms with Crippen molar-refractivity contribution in [1.29, 1.82) is 0 Å². The number of likely N-dealkylation sites (N-methyl/N-ethyl adjacent to an activating group) is 1. The van der Waals surface area contributed by atoms with Crippen molar-refractivity contribution in [3.05, 3.63) is 0 Å². The SMILES string of the molecule is CC(C)C1CCC(N)C(CN2CCN(C)C(C)(C)C2)C1. The topological polar surface area (TPSA) is 32.5 Å². The maximum atomic E-state index is 6.42. The second-order valence-electron chi connectivity index (χ2n) is 8.21. The van der Waals surface area contributed by atoms with E-state index in [9.17, 15) is 0 Å². The van der Waals surface area contributed by atoms with E-state index < -0.39 is 0 Å². The van der Waals surface area contributed by atoms with E-state index >= 15 is 0 Å². The van der Waals surface area contributed by atoms with Crippen molar-refractivity contribution in [2.45, 2.75) is 58.5 Å². The molecule has 3 heteroatoms. The molecule has 0 spiro atoms. The molecule has 2 aliphatic rings. The van der Waals surface area contributed by atoms with Crippen LogP contribution >= 0.6 is 0 Å². The minimum absolute atomic E-state index is 0.300. The van der Waals surface area contributed by atoms with Crippen LogP contribution in [0.1, 0.15) is 47.0 Å². The van der Waals surface area contributed by atoms with Crippen LogP contribution in [0.25, 0.3) is 0 Å². The summed E-state index contributed by atoms with van der Waals surface area (Å²) in [6.07, 6.45) is 3.90. The van der Waals surface area contributed by atoms with Crippen LogP contribution in [0.5, 0.6) is 0 Å². The minimum atomic E-state index is 0.300. The molecule has 0 bridgehead atoms. The van der Waals surface area contributed by atoms with E-state index in [4.69, 9.17) is 5.73 Å². The van der Waals surface area contributed by atoms with Gasteiger partial charge in [0.25, 0.3) is 0 Å². The fourth-order valence-corrected chi connectivity index (χ4v) is 3.97. The summed E-state index contributed by atoms with van der Waals surface area (Å²) in [4.78, 5) is 5.15. The molecule has 1 saturated heterocycles. The van der Waals surface area contributed by atoms with E-state index in [2.05, 4.69) is 44.5 Å². The van der Waals surface area contributed by atoms with E-state index in [1.807, 2.05) is 0 Å². The van der Waals surface area contributed by atoms with Gasteiger partial charge in [-0.15, -0.1) is 0 Å². The largest absolute Gasteiger partial charge is 0.327 e. The maximum absolute atomic E-state index is 6.42. The average molecular weight is 281 g/mol. The van der Waals surface area contributed by atoms with Gasteiger partial charge in [-0.3, -0.25) is 9.80 Å². The number of nitrogens with two attached hydrogens (primary N) is 1. The van der Waals surface area contributed by atoms with Gasteiger partial charge in [0.2, 0.25) is 0 Å². The molecule has 2 fully saturated rings. The standard InChI is InChI=1S/C17H35N3/c1-13(2)14-6-7-16(18)15(10-14)11-20-9-8-19(5)17(3,4)12-20/h13-16H,6-12,18H2,1-5H3. The lowest BCUT2D eigenvalue weighted by atomic mass is 9.73. The van der Waals surface area contributed by atoms with Gasteiger partial charge in [-0.1, -0.05) is 13.8 Å². The van der Waals surface area contributed by atoms with Gasteiger partial charge in [-0.2, -0.15) is 0 Å². The molecule has 0 radical (unpaired) electrons. The van der Waals surface area contributed by atoms with Gasteiger partial charge in [-0.05, 0) is 57.9 Å². The Morgan fingerprint density at radius 2 is 1.90 bits per heavy atom. The summed E-state index contributed by atoms with van der Waals surface area (Å²) in [7, 11) is 2.25. The zero-order valence-electron chi connectivity index (χ0n) is 14.2. The molecule has 20 heavy (non-hydrogen) atoms. The molecule has 1 aliphatic heterocycles. The fourth-order valence-electron chi connectivity index (χ4n) is 3.97. The Morgan fingerprint density at radius 3 is 2.50 bits per heavy atom. The zero-order valence-corrected chi connectivity index (χ0v) is 14.2. The molecule has 2 rings (SSSR count). The van der Waals surface area contributed by atoms with Crippen molar-refractivity contribution in [3.63, 3.8) is 0 Å². The molecule has 1 saturated carbocycles. The van der Waals surface area contributed by atoms with E-state index in [1.54, 1.807) is 0 Å². The fraction of sp³-hybridized carbons (Fsp3) is 1.00. The van der Waals surface area contributed by atoms with E-state index in [0.29, 0.717) is 17.5 Å². The second kappa shape index (κ2) is 6.33. The molecule has 1 aliphatic carbocycles. The summed E-state index contributed by atoms with van der Waals surface area (Å²) < 4.78 is 0. The maximum Gasteiger partial charge on any atom is 0.0277 e. The second-order valence-corrected chi connectivity index (χ2v) is 8.21. The summed E-state index contributed by atoms with van der Waals surface area (Å²) in [5.74, 6) is 2.41. The number of nitrogens with zero attached hydrogens (tertiary/aromatic N) is 2. The van der Waals surface area contributed by atoms with Gasteiger partial charge >= 0.3 is 0 Å². The van der Waals surface area contributed by atoms with Gasteiger partial charge in [0.05, 0.1) is 0 Å². The van der Waals surface area contributed by atoms with Crippen LogP contribution < -0.4 is 5.73 Å². The van der Waals surface area contributed by atoms with Gasteiger partial charge in [0.15, 0.2) is 0 Å². The molecule has 118 valence electrons. The summed E-state index contributed by atoms with van der Waals surface area (Å²) in [6, 6.07) is 0.424. The Hall–Kier alpha value is -0.120. The summed E-state index contributed by atoms with van der Waals surface area (Å²) >= 11 is 0. The Labute approximate surface area is 125 Å². The first-order valence-electron chi connectivity index (χ1n) is 8.49. The predicted octanol–water partition coefficient (Wildman–Crippen LogP) is 2.41. The van der Waals surface area contributed by atoms with Crippen LogP contribution in [-0.4, -0.2) is 54.6 Å². The molecule has 0 aromatic rings. The summed E-state index contributed by atoms with van der Waals surface area (Å²) in [5, 5.41) is 0. The Morgan fingerprint density at radius 1 is 1.20 bits per heavy atom. The van der Waals surface area contributed by atoms with Gasteiger partial charge in [-0.25, -0.2) is 0 Å². The van der Waals surface area contributed by atoms with Crippen molar-refractivity contribution in [3.8, 4) is 0 Å². The average Bonchev–Trinajstić information content (AvgIpc) is 2.36. The third-order valence-corrected chi connectivity index (χ3v) is 5.91. The van der Waals surface area contributed by atoms with Crippen molar-refractivity contribution in [2.24, 2.45) is 23.5 Å². The molecule has 2 N–H and O–H groups in total. The molecule has 0 aromatic carbocycles. The molecule has 1 heterocycles. The quantitative estimate of drug-likeness (QED) is 0.862. The Balaban J connectivity index is 1.91. The van der Waals surface area contributed by atoms with Gasteiger partial charge < -0.3 is 5.73 Å². The van der Waals surface area contributed by atoms with Crippen LogP contribution in [0.15, 0.2) is 0 Å². The van der Waals surface area contributed by atoms with Crippen molar-refractivity contribution < 1.29 is 0 Å². The molecule has 3 atom stereocenters. The minimum Gasteiger partial charge on any atom is -0.327 e. The normalized spacial score (nSPS) is 36.5. The molecule has 0 amide bonds. The monoisotopic (exact) mass is 281 g/mol. The molecule has 3 nitrogen and oxygen atoms in total. The van der Waals surface area contributed by atoms with Crippen molar-refractivity contribution >= 4 is 0 Å². The lowest BCUT2D eigenvalue weighted by Crippen LogP contribution is -2.59. The van der Waals surface area contributed by atoms with E-state index in [-0.39, 0.29) is 0 Å². The smallest absolute Gasteiger partial charge is 0.0277 e. The Kier molecular flexibility index (Phi) is 5.14. The first-order valence-corrected chi connectivity index (χ1v) is 8.49. The van der Waals surface area contributed by atoms with E-state index in [1.165, 1.54) is 45.4 Å². The number of rotatable bonds is 3. The van der Waals surface area contributed by atoms with Gasteiger partial charge in [0.1, 0.15) is 0 Å². The van der Waals surface area contributed by atoms with E-state index in [0.717, 1.165) is 11.8 Å². The highest BCUT2D eigenvalue weighted by Gasteiger charge is 2.35. The van der Waals surface area contributed by atoms with Crippen LogP contribution in [0.4, 0.5) is 0 Å². The summed E-state index contributed by atoms with van der Waals surface area (Å²) in [6.45, 7) is 14.2. The van der Waals surface area contributed by atoms with Crippen molar-refractivity contribution in [1.82, 2.24) is 9.80 Å². The highest BCUT2D eigenvalue weighted by atomic mass is 15.3. The van der Waals surface area contributed by atoms with Crippen LogP contribution in [-0.2, 0) is 0 Å².